The van der Waals surface area contributed by atoms with E-state index in [0.717, 1.165) is 4.90 Å². The molecule has 2 atom stereocenters. The highest BCUT2D eigenvalue weighted by Gasteiger charge is 2.15. The fourth-order valence-corrected chi connectivity index (χ4v) is 2.95. The lowest BCUT2D eigenvalue weighted by Gasteiger charge is -2.11. The van der Waals surface area contributed by atoms with Crippen LogP contribution in [-0.2, 0) is 15.6 Å². The first kappa shape index (κ1) is 14.1. The Morgan fingerprint density at radius 2 is 1.71 bits per heavy atom. The summed E-state index contributed by atoms with van der Waals surface area (Å²) in [6.07, 6.45) is 0.374. The van der Waals surface area contributed by atoms with E-state index in [0.29, 0.717) is 12.3 Å². The lowest BCUT2D eigenvalue weighted by Crippen LogP contribution is -2.14. The van der Waals surface area contributed by atoms with Crippen molar-refractivity contribution in [3.05, 3.63) is 29.8 Å². The maximum atomic E-state index is 12.1. The van der Waals surface area contributed by atoms with Crippen molar-refractivity contribution in [3.8, 4) is 0 Å². The van der Waals surface area contributed by atoms with E-state index in [1.807, 2.05) is 31.2 Å². The normalized spacial score (nSPS) is 14.6. The summed E-state index contributed by atoms with van der Waals surface area (Å²) in [6.45, 7) is 7.65. The van der Waals surface area contributed by atoms with Crippen molar-refractivity contribution in [2.45, 2.75) is 50.2 Å². The van der Waals surface area contributed by atoms with Gasteiger partial charge in [-0.3, -0.25) is 9.00 Å². The van der Waals surface area contributed by atoms with Gasteiger partial charge >= 0.3 is 0 Å². The summed E-state index contributed by atoms with van der Waals surface area (Å²) < 4.78 is 12.1. The Kier molecular flexibility index (Phi) is 5.06. The molecular weight excluding hydrogens is 232 g/mol. The van der Waals surface area contributed by atoms with Crippen molar-refractivity contribution in [2.75, 3.05) is 0 Å². The second-order valence-corrected chi connectivity index (χ2v) is 6.61. The maximum absolute atomic E-state index is 12.1. The minimum atomic E-state index is -1.09. The number of hydrogen-bond donors (Lipinski definition) is 0. The molecule has 2 unspecified atom stereocenters. The van der Waals surface area contributed by atoms with Gasteiger partial charge in [0.25, 0.3) is 0 Å². The number of benzene rings is 1. The molecule has 0 spiro atoms. The summed E-state index contributed by atoms with van der Waals surface area (Å²) in [6, 6.07) is 7.83. The topological polar surface area (TPSA) is 34.1 Å². The van der Waals surface area contributed by atoms with E-state index >= 15 is 0 Å². The van der Waals surface area contributed by atoms with E-state index in [9.17, 15) is 9.00 Å². The molecule has 94 valence electrons. The standard InChI is InChI=1S/C14H20O2S/c1-10(2)13-5-7-14(8-6-13)17(16)12(4)9-11(3)15/h5-8,10,12H,9H2,1-4H3. The van der Waals surface area contributed by atoms with E-state index in [-0.39, 0.29) is 11.0 Å². The zero-order valence-corrected chi connectivity index (χ0v) is 11.7. The van der Waals surface area contributed by atoms with Gasteiger partial charge in [0.1, 0.15) is 5.78 Å². The molecule has 0 amide bonds. The van der Waals surface area contributed by atoms with Crippen LogP contribution in [0.25, 0.3) is 0 Å². The van der Waals surface area contributed by atoms with Crippen molar-refractivity contribution in [2.24, 2.45) is 0 Å². The Morgan fingerprint density at radius 1 is 1.18 bits per heavy atom. The van der Waals surface area contributed by atoms with E-state index in [4.69, 9.17) is 0 Å². The summed E-state index contributed by atoms with van der Waals surface area (Å²) >= 11 is 0. The van der Waals surface area contributed by atoms with Crippen LogP contribution in [0.3, 0.4) is 0 Å². The highest BCUT2D eigenvalue weighted by Crippen LogP contribution is 2.19. The van der Waals surface area contributed by atoms with Crippen LogP contribution in [0.5, 0.6) is 0 Å². The number of hydrogen-bond acceptors (Lipinski definition) is 2. The van der Waals surface area contributed by atoms with Crippen molar-refractivity contribution in [3.63, 3.8) is 0 Å². The van der Waals surface area contributed by atoms with Gasteiger partial charge in [0, 0.05) is 16.6 Å². The fraction of sp³-hybridized carbons (Fsp3) is 0.500. The van der Waals surface area contributed by atoms with Crippen molar-refractivity contribution >= 4 is 16.6 Å². The molecule has 2 nitrogen and oxygen atoms in total. The van der Waals surface area contributed by atoms with Crippen molar-refractivity contribution in [1.82, 2.24) is 0 Å². The van der Waals surface area contributed by atoms with Crippen LogP contribution in [0.4, 0.5) is 0 Å². The molecule has 0 saturated carbocycles. The summed E-state index contributed by atoms with van der Waals surface area (Å²) in [5.74, 6) is 0.566. The fourth-order valence-electron chi connectivity index (χ4n) is 1.70. The SMILES string of the molecule is CC(=O)CC(C)S(=O)c1ccc(C(C)C)cc1. The molecular formula is C14H20O2S. The molecule has 0 bridgehead atoms. The Morgan fingerprint density at radius 3 is 2.12 bits per heavy atom. The lowest BCUT2D eigenvalue weighted by molar-refractivity contribution is -0.116. The Labute approximate surface area is 106 Å². The third kappa shape index (κ3) is 4.08. The van der Waals surface area contributed by atoms with Crippen LogP contribution in [0, 0.1) is 0 Å². The molecule has 0 aliphatic carbocycles. The van der Waals surface area contributed by atoms with Gasteiger partial charge in [-0.1, -0.05) is 32.9 Å². The largest absolute Gasteiger partial charge is 0.300 e. The first-order valence-electron chi connectivity index (χ1n) is 5.91. The average molecular weight is 252 g/mol. The molecule has 17 heavy (non-hydrogen) atoms. The average Bonchev–Trinajstić information content (AvgIpc) is 2.27. The molecule has 3 heteroatoms. The monoisotopic (exact) mass is 252 g/mol. The third-order valence-corrected chi connectivity index (χ3v) is 4.35. The molecule has 0 heterocycles. The van der Waals surface area contributed by atoms with Gasteiger partial charge in [0.15, 0.2) is 0 Å². The number of Topliss-reactive ketones (excluding diaryl/α,β-unsaturated/α-hetero) is 1. The van der Waals surface area contributed by atoms with Gasteiger partial charge in [-0.15, -0.1) is 0 Å². The van der Waals surface area contributed by atoms with Gasteiger partial charge in [-0.2, -0.15) is 0 Å². The molecule has 0 aliphatic rings. The van der Waals surface area contributed by atoms with Crippen LogP contribution in [-0.4, -0.2) is 15.2 Å². The molecule has 1 aromatic carbocycles. The first-order chi connectivity index (χ1) is 7.91. The molecule has 0 aromatic heterocycles. The van der Waals surface area contributed by atoms with Gasteiger partial charge in [-0.05, 0) is 30.5 Å². The van der Waals surface area contributed by atoms with E-state index in [1.54, 1.807) is 0 Å². The van der Waals surface area contributed by atoms with E-state index in [2.05, 4.69) is 13.8 Å². The van der Waals surface area contributed by atoms with Crippen molar-refractivity contribution in [1.29, 1.82) is 0 Å². The zero-order valence-electron chi connectivity index (χ0n) is 10.9. The third-order valence-electron chi connectivity index (χ3n) is 2.72. The molecule has 1 aromatic rings. The number of carbonyl (C=O) groups excluding carboxylic acids is 1. The Hall–Kier alpha value is -0.960. The lowest BCUT2D eigenvalue weighted by atomic mass is 10.0. The molecule has 0 aliphatic heterocycles. The van der Waals surface area contributed by atoms with E-state index < -0.39 is 10.8 Å². The summed E-state index contributed by atoms with van der Waals surface area (Å²) in [7, 11) is -1.09. The summed E-state index contributed by atoms with van der Waals surface area (Å²) in [5.41, 5.74) is 1.24. The number of ketones is 1. The zero-order chi connectivity index (χ0) is 13.0. The van der Waals surface area contributed by atoms with E-state index in [1.165, 1.54) is 12.5 Å². The van der Waals surface area contributed by atoms with Gasteiger partial charge in [-0.25, -0.2) is 0 Å². The quantitative estimate of drug-likeness (QED) is 0.806. The predicted molar refractivity (Wildman–Crippen MR) is 71.7 cm³/mol. The second-order valence-electron chi connectivity index (χ2n) is 4.74. The maximum Gasteiger partial charge on any atom is 0.131 e. The van der Waals surface area contributed by atoms with Crippen LogP contribution < -0.4 is 0 Å². The Balaban J connectivity index is 2.79. The van der Waals surface area contributed by atoms with Gasteiger partial charge < -0.3 is 0 Å². The summed E-state index contributed by atoms with van der Waals surface area (Å²) in [4.78, 5) is 11.8. The highest BCUT2D eigenvalue weighted by atomic mass is 32.2. The van der Waals surface area contributed by atoms with Crippen LogP contribution >= 0.6 is 0 Å². The molecule has 0 radical (unpaired) electrons. The predicted octanol–water partition coefficient (Wildman–Crippen LogP) is 3.29. The minimum Gasteiger partial charge on any atom is -0.300 e. The molecule has 0 saturated heterocycles. The summed E-state index contributed by atoms with van der Waals surface area (Å²) in [5, 5.41) is -0.114. The van der Waals surface area contributed by atoms with Crippen LogP contribution in [0.15, 0.2) is 29.2 Å². The highest BCUT2D eigenvalue weighted by molar-refractivity contribution is 7.85. The van der Waals surface area contributed by atoms with Crippen molar-refractivity contribution < 1.29 is 9.00 Å². The molecule has 0 fully saturated rings. The van der Waals surface area contributed by atoms with Crippen LogP contribution in [0.1, 0.15) is 45.6 Å². The second kappa shape index (κ2) is 6.10. The number of carbonyl (C=O) groups is 1. The molecule has 1 rings (SSSR count). The first-order valence-corrected chi connectivity index (χ1v) is 7.13. The molecule has 0 N–H and O–H groups in total. The van der Waals surface area contributed by atoms with Gasteiger partial charge in [0.05, 0.1) is 10.8 Å². The van der Waals surface area contributed by atoms with Crippen LogP contribution in [0.2, 0.25) is 0 Å². The smallest absolute Gasteiger partial charge is 0.131 e. The minimum absolute atomic E-state index is 0.0876. The number of rotatable bonds is 5. The van der Waals surface area contributed by atoms with Gasteiger partial charge in [0.2, 0.25) is 0 Å². The Bertz CT molecular complexity index is 407.